The van der Waals surface area contributed by atoms with Crippen molar-refractivity contribution in [2.75, 3.05) is 7.11 Å². The highest BCUT2D eigenvalue weighted by Gasteiger charge is 2.16. The Hall–Kier alpha value is -0.810. The van der Waals surface area contributed by atoms with Crippen LogP contribution in [-0.2, 0) is 11.3 Å². The summed E-state index contributed by atoms with van der Waals surface area (Å²) in [5.74, 6) is 1.44. The molecule has 1 aromatic carbocycles. The van der Waals surface area contributed by atoms with Gasteiger partial charge in [0.2, 0.25) is 0 Å². The van der Waals surface area contributed by atoms with Crippen LogP contribution in [0.3, 0.4) is 0 Å². The van der Waals surface area contributed by atoms with E-state index in [1.54, 1.807) is 13.2 Å². The number of furan rings is 1. The molecule has 0 aliphatic rings. The molecule has 2 rings (SSSR count). The zero-order chi connectivity index (χ0) is 13.1. The molecule has 0 fully saturated rings. The van der Waals surface area contributed by atoms with Gasteiger partial charge >= 0.3 is 0 Å². The second-order valence-electron chi connectivity index (χ2n) is 3.88. The number of nitrogens with two attached hydrogens (primary N) is 1. The Morgan fingerprint density at radius 3 is 2.89 bits per heavy atom. The highest BCUT2D eigenvalue weighted by Crippen LogP contribution is 2.30. The van der Waals surface area contributed by atoms with Gasteiger partial charge in [0.1, 0.15) is 18.1 Å². The van der Waals surface area contributed by atoms with Crippen LogP contribution in [0.1, 0.15) is 23.1 Å². The number of ether oxygens (including phenoxy) is 1. The van der Waals surface area contributed by atoms with Gasteiger partial charge in [-0.05, 0) is 35.9 Å². The van der Waals surface area contributed by atoms with Gasteiger partial charge in [0.15, 0.2) is 0 Å². The van der Waals surface area contributed by atoms with Gasteiger partial charge < -0.3 is 14.9 Å². The van der Waals surface area contributed by atoms with E-state index in [0.29, 0.717) is 17.4 Å². The van der Waals surface area contributed by atoms with Crippen LogP contribution in [0, 0.1) is 0 Å². The Balaban J connectivity index is 2.29. The molecule has 2 aromatic rings. The van der Waals surface area contributed by atoms with Crippen molar-refractivity contribution in [2.24, 2.45) is 5.73 Å². The summed E-state index contributed by atoms with van der Waals surface area (Å²) in [6.07, 6.45) is 0. The fourth-order valence-electron chi connectivity index (χ4n) is 1.69. The van der Waals surface area contributed by atoms with Crippen LogP contribution in [0.4, 0.5) is 0 Å². The number of methoxy groups -OCH3 is 1. The number of halogens is 2. The van der Waals surface area contributed by atoms with Gasteiger partial charge in [0.25, 0.3) is 0 Å². The fraction of sp³-hybridized carbons (Fsp3) is 0.231. The molecular formula is C13H13BrClNO2. The summed E-state index contributed by atoms with van der Waals surface area (Å²) in [5, 5.41) is 0.646. The van der Waals surface area contributed by atoms with Crippen molar-refractivity contribution in [3.8, 4) is 0 Å². The summed E-state index contributed by atoms with van der Waals surface area (Å²) in [7, 11) is 1.62. The standard InChI is InChI=1S/C13H13BrClNO2/c1-17-7-9-3-5-12(18-9)13(16)10-6-8(15)2-4-11(10)14/h2-6,13H,7,16H2,1H3. The van der Waals surface area contributed by atoms with Gasteiger partial charge in [-0.2, -0.15) is 0 Å². The summed E-state index contributed by atoms with van der Waals surface area (Å²) in [4.78, 5) is 0. The third-order valence-electron chi connectivity index (χ3n) is 2.57. The minimum atomic E-state index is -0.358. The Kier molecular flexibility index (Phi) is 4.45. The molecule has 2 N–H and O–H groups in total. The molecule has 1 heterocycles. The van der Waals surface area contributed by atoms with E-state index in [2.05, 4.69) is 15.9 Å². The Bertz CT molecular complexity index is 542. The Morgan fingerprint density at radius 1 is 1.39 bits per heavy atom. The van der Waals surface area contributed by atoms with E-state index in [0.717, 1.165) is 15.8 Å². The first-order valence-electron chi connectivity index (χ1n) is 5.40. The molecular weight excluding hydrogens is 318 g/mol. The topological polar surface area (TPSA) is 48.4 Å². The van der Waals surface area contributed by atoms with Crippen LogP contribution in [0.5, 0.6) is 0 Å². The average Bonchev–Trinajstić information content (AvgIpc) is 2.80. The first-order valence-corrected chi connectivity index (χ1v) is 6.57. The van der Waals surface area contributed by atoms with Gasteiger partial charge in [-0.1, -0.05) is 27.5 Å². The minimum absolute atomic E-state index is 0.358. The molecule has 5 heteroatoms. The molecule has 0 bridgehead atoms. The molecule has 3 nitrogen and oxygen atoms in total. The summed E-state index contributed by atoms with van der Waals surface area (Å²) >= 11 is 9.44. The van der Waals surface area contributed by atoms with Crippen molar-refractivity contribution in [3.63, 3.8) is 0 Å². The quantitative estimate of drug-likeness (QED) is 0.925. The SMILES string of the molecule is COCc1ccc(C(N)c2cc(Cl)ccc2Br)o1. The van der Waals surface area contributed by atoms with Crippen LogP contribution >= 0.6 is 27.5 Å². The summed E-state index contributed by atoms with van der Waals surface area (Å²) in [6.45, 7) is 0.434. The molecule has 0 saturated heterocycles. The van der Waals surface area contributed by atoms with Crippen molar-refractivity contribution < 1.29 is 9.15 Å². The van der Waals surface area contributed by atoms with Crippen molar-refractivity contribution in [2.45, 2.75) is 12.6 Å². The van der Waals surface area contributed by atoms with E-state index in [9.17, 15) is 0 Å². The minimum Gasteiger partial charge on any atom is -0.462 e. The summed E-state index contributed by atoms with van der Waals surface area (Å²) < 4.78 is 11.5. The van der Waals surface area contributed by atoms with Crippen LogP contribution < -0.4 is 5.73 Å². The molecule has 18 heavy (non-hydrogen) atoms. The van der Waals surface area contributed by atoms with Gasteiger partial charge in [-0.15, -0.1) is 0 Å². The molecule has 0 spiro atoms. The predicted molar refractivity (Wildman–Crippen MR) is 74.6 cm³/mol. The molecule has 0 aliphatic carbocycles. The van der Waals surface area contributed by atoms with E-state index in [1.807, 2.05) is 24.3 Å². The lowest BCUT2D eigenvalue weighted by Gasteiger charge is -2.12. The van der Waals surface area contributed by atoms with Crippen molar-refractivity contribution in [1.29, 1.82) is 0 Å². The molecule has 96 valence electrons. The maximum Gasteiger partial charge on any atom is 0.129 e. The number of benzene rings is 1. The highest BCUT2D eigenvalue weighted by atomic mass is 79.9. The van der Waals surface area contributed by atoms with Gasteiger partial charge in [0, 0.05) is 16.6 Å². The molecule has 1 atom stereocenters. The maximum absolute atomic E-state index is 6.17. The number of hydrogen-bond donors (Lipinski definition) is 1. The number of rotatable bonds is 4. The third kappa shape index (κ3) is 2.95. The van der Waals surface area contributed by atoms with E-state index in [-0.39, 0.29) is 6.04 Å². The maximum atomic E-state index is 6.17. The van der Waals surface area contributed by atoms with Crippen LogP contribution in [0.15, 0.2) is 39.2 Å². The molecule has 0 aliphatic heterocycles. The lowest BCUT2D eigenvalue weighted by molar-refractivity contribution is 0.162. The highest BCUT2D eigenvalue weighted by molar-refractivity contribution is 9.10. The lowest BCUT2D eigenvalue weighted by Crippen LogP contribution is -2.11. The zero-order valence-electron chi connectivity index (χ0n) is 9.82. The first kappa shape index (κ1) is 13.6. The van der Waals surface area contributed by atoms with Crippen molar-refractivity contribution in [1.82, 2.24) is 0 Å². The van der Waals surface area contributed by atoms with E-state index < -0.39 is 0 Å². The van der Waals surface area contributed by atoms with Gasteiger partial charge in [-0.25, -0.2) is 0 Å². The predicted octanol–water partition coefficient (Wildman–Crippen LogP) is 3.89. The fourth-order valence-corrected chi connectivity index (χ4v) is 2.36. The normalized spacial score (nSPS) is 12.7. The average molecular weight is 331 g/mol. The van der Waals surface area contributed by atoms with Crippen LogP contribution in [0.25, 0.3) is 0 Å². The summed E-state index contributed by atoms with van der Waals surface area (Å²) in [5.41, 5.74) is 7.06. The van der Waals surface area contributed by atoms with Crippen LogP contribution in [0.2, 0.25) is 5.02 Å². The van der Waals surface area contributed by atoms with Crippen molar-refractivity contribution in [3.05, 3.63) is 56.9 Å². The Labute approximate surface area is 119 Å². The lowest BCUT2D eigenvalue weighted by atomic mass is 10.1. The number of hydrogen-bond acceptors (Lipinski definition) is 3. The molecule has 1 aromatic heterocycles. The van der Waals surface area contributed by atoms with Gasteiger partial charge in [0.05, 0.1) is 6.04 Å². The molecule has 1 unspecified atom stereocenters. The second-order valence-corrected chi connectivity index (χ2v) is 5.17. The second kappa shape index (κ2) is 5.89. The monoisotopic (exact) mass is 329 g/mol. The largest absolute Gasteiger partial charge is 0.462 e. The zero-order valence-corrected chi connectivity index (χ0v) is 12.2. The van der Waals surface area contributed by atoms with E-state index >= 15 is 0 Å². The van der Waals surface area contributed by atoms with Gasteiger partial charge in [-0.3, -0.25) is 0 Å². The smallest absolute Gasteiger partial charge is 0.129 e. The molecule has 0 saturated carbocycles. The third-order valence-corrected chi connectivity index (χ3v) is 3.53. The molecule has 0 radical (unpaired) electrons. The first-order chi connectivity index (χ1) is 8.61. The van der Waals surface area contributed by atoms with Crippen molar-refractivity contribution >= 4 is 27.5 Å². The Morgan fingerprint density at radius 2 is 2.17 bits per heavy atom. The van der Waals surface area contributed by atoms with Crippen LogP contribution in [-0.4, -0.2) is 7.11 Å². The molecule has 0 amide bonds. The van der Waals surface area contributed by atoms with E-state index in [4.69, 9.17) is 26.5 Å². The summed E-state index contributed by atoms with van der Waals surface area (Å²) in [6, 6.07) is 8.86. The van der Waals surface area contributed by atoms with E-state index in [1.165, 1.54) is 0 Å².